The number of hydrogen-bond acceptors (Lipinski definition) is 3. The van der Waals surface area contributed by atoms with E-state index in [0.717, 1.165) is 36.6 Å². The molecule has 0 aliphatic heterocycles. The van der Waals surface area contributed by atoms with Crippen molar-refractivity contribution in [3.63, 3.8) is 0 Å². The van der Waals surface area contributed by atoms with Crippen LogP contribution in [0.4, 0.5) is 13.2 Å². The molecule has 0 saturated heterocycles. The Morgan fingerprint density at radius 1 is 1.22 bits per heavy atom. The quantitative estimate of drug-likeness (QED) is 0.842. The summed E-state index contributed by atoms with van der Waals surface area (Å²) in [6.45, 7) is 0. The van der Waals surface area contributed by atoms with Crippen molar-refractivity contribution in [3.8, 4) is 0 Å². The Balaban J connectivity index is 1.40. The van der Waals surface area contributed by atoms with Gasteiger partial charge in [-0.2, -0.15) is 18.3 Å². The smallest absolute Gasteiger partial charge is 0.390 e. The third kappa shape index (κ3) is 2.79. The minimum absolute atomic E-state index is 0.150. The van der Waals surface area contributed by atoms with E-state index < -0.39 is 23.4 Å². The molecule has 5 aliphatic carbocycles. The lowest BCUT2D eigenvalue weighted by Crippen LogP contribution is -2.61. The molecule has 0 aromatic carbocycles. The molecule has 2 N–H and O–H groups in total. The van der Waals surface area contributed by atoms with Gasteiger partial charge in [0.25, 0.3) is 5.91 Å². The minimum atomic E-state index is -4.61. The summed E-state index contributed by atoms with van der Waals surface area (Å²) in [6, 6.07) is -0.416. The van der Waals surface area contributed by atoms with Crippen LogP contribution in [-0.4, -0.2) is 32.4 Å². The van der Waals surface area contributed by atoms with Crippen LogP contribution in [0.2, 0.25) is 0 Å². The van der Waals surface area contributed by atoms with Crippen LogP contribution in [0.1, 0.15) is 73.5 Å². The van der Waals surface area contributed by atoms with Gasteiger partial charge in [-0.1, -0.05) is 0 Å². The molecule has 2 unspecified atom stereocenters. The monoisotopic (exact) mass is 383 g/mol. The van der Waals surface area contributed by atoms with Crippen molar-refractivity contribution in [1.29, 1.82) is 0 Å². The Hall–Kier alpha value is -1.57. The Labute approximate surface area is 155 Å². The number of nitrogens with zero attached hydrogens (tertiary/aromatic N) is 2. The van der Waals surface area contributed by atoms with Crippen molar-refractivity contribution in [2.75, 3.05) is 0 Å². The fraction of sp³-hybridized carbons (Fsp3) is 0.789. The Morgan fingerprint density at radius 3 is 2.41 bits per heavy atom. The van der Waals surface area contributed by atoms with Gasteiger partial charge in [-0.15, -0.1) is 0 Å². The highest BCUT2D eigenvalue weighted by Gasteiger charge is 2.55. The van der Waals surface area contributed by atoms with Crippen molar-refractivity contribution in [3.05, 3.63) is 17.5 Å². The van der Waals surface area contributed by atoms with Crippen LogP contribution in [0.25, 0.3) is 0 Å². The third-order valence-electron chi connectivity index (χ3n) is 7.27. The van der Waals surface area contributed by atoms with Crippen molar-refractivity contribution < 1.29 is 23.1 Å². The minimum Gasteiger partial charge on any atom is -0.390 e. The van der Waals surface area contributed by atoms with E-state index in [9.17, 15) is 23.1 Å². The van der Waals surface area contributed by atoms with Crippen molar-refractivity contribution in [2.24, 2.45) is 17.8 Å². The zero-order chi connectivity index (χ0) is 19.0. The molecule has 1 amide bonds. The average molecular weight is 383 g/mol. The molecule has 5 nitrogen and oxygen atoms in total. The van der Waals surface area contributed by atoms with Gasteiger partial charge < -0.3 is 10.4 Å². The Bertz CT molecular complexity index is 755. The van der Waals surface area contributed by atoms with E-state index in [1.165, 1.54) is 0 Å². The van der Waals surface area contributed by atoms with E-state index in [-0.39, 0.29) is 29.5 Å². The highest BCUT2D eigenvalue weighted by atomic mass is 19.4. The zero-order valence-electron chi connectivity index (χ0n) is 15.0. The molecule has 1 heterocycles. The van der Waals surface area contributed by atoms with E-state index in [0.29, 0.717) is 31.6 Å². The molecule has 1 aromatic heterocycles. The van der Waals surface area contributed by atoms with Crippen LogP contribution in [0.5, 0.6) is 0 Å². The van der Waals surface area contributed by atoms with E-state index >= 15 is 0 Å². The van der Waals surface area contributed by atoms with Crippen LogP contribution in [0.15, 0.2) is 6.20 Å². The summed E-state index contributed by atoms with van der Waals surface area (Å²) < 4.78 is 42.0. The Morgan fingerprint density at radius 2 is 1.89 bits per heavy atom. The molecule has 0 spiro atoms. The van der Waals surface area contributed by atoms with Gasteiger partial charge >= 0.3 is 6.18 Å². The highest BCUT2D eigenvalue weighted by molar-refractivity contribution is 5.95. The maximum Gasteiger partial charge on any atom is 0.433 e. The van der Waals surface area contributed by atoms with Gasteiger partial charge in [0.15, 0.2) is 5.69 Å². The summed E-state index contributed by atoms with van der Waals surface area (Å²) in [5.74, 6) is 0.104. The predicted octanol–water partition coefficient (Wildman–Crippen LogP) is 3.30. The maximum absolute atomic E-state index is 13.7. The lowest BCUT2D eigenvalue weighted by Gasteiger charge is -2.58. The summed E-state index contributed by atoms with van der Waals surface area (Å²) >= 11 is 0. The maximum atomic E-state index is 13.7. The number of alkyl halides is 3. The second-order valence-corrected chi connectivity index (χ2v) is 9.13. The van der Waals surface area contributed by atoms with Gasteiger partial charge in [0.05, 0.1) is 23.4 Å². The summed E-state index contributed by atoms with van der Waals surface area (Å²) in [7, 11) is 0. The second-order valence-electron chi connectivity index (χ2n) is 9.13. The number of aliphatic hydroxyl groups is 1. The fourth-order valence-electron chi connectivity index (χ4n) is 6.17. The number of amides is 1. The first-order valence-electron chi connectivity index (χ1n) is 9.91. The number of nitrogens with one attached hydrogen (secondary N) is 1. The molecule has 5 saturated carbocycles. The predicted molar refractivity (Wildman–Crippen MR) is 89.9 cm³/mol. The first-order chi connectivity index (χ1) is 12.7. The summed E-state index contributed by atoms with van der Waals surface area (Å²) in [5, 5.41) is 17.5. The van der Waals surface area contributed by atoms with Gasteiger partial charge in [0.2, 0.25) is 0 Å². The SMILES string of the molecule is O=C(N[C@H]1C2CC3CC1C[C@](O)(C3)C2)c1cnn(C2CCC2)c1C(F)(F)F. The van der Waals surface area contributed by atoms with Crippen molar-refractivity contribution >= 4 is 5.91 Å². The van der Waals surface area contributed by atoms with Crippen molar-refractivity contribution in [2.45, 2.75) is 75.2 Å². The molecule has 0 radical (unpaired) electrons. The molecule has 2 atom stereocenters. The number of carbonyl (C=O) groups is 1. The topological polar surface area (TPSA) is 67.2 Å². The molecule has 4 bridgehead atoms. The molecule has 5 aliphatic rings. The second kappa shape index (κ2) is 5.72. The molecule has 1 aromatic rings. The average Bonchev–Trinajstić information content (AvgIpc) is 2.92. The molecule has 6 rings (SSSR count). The number of halogens is 3. The van der Waals surface area contributed by atoms with E-state index in [2.05, 4.69) is 10.4 Å². The van der Waals surface area contributed by atoms with Crippen LogP contribution < -0.4 is 5.32 Å². The van der Waals surface area contributed by atoms with Gasteiger partial charge in [0.1, 0.15) is 0 Å². The summed E-state index contributed by atoms with van der Waals surface area (Å²) in [4.78, 5) is 12.8. The zero-order valence-corrected chi connectivity index (χ0v) is 15.0. The summed E-state index contributed by atoms with van der Waals surface area (Å²) in [6.07, 6.45) is 2.66. The number of carbonyl (C=O) groups excluding carboxylic acids is 1. The molecule has 27 heavy (non-hydrogen) atoms. The first-order valence-corrected chi connectivity index (χ1v) is 9.91. The standard InChI is InChI=1S/C19H24F3N3O2/c20-19(21,22)16-14(9-23-25(16)13-2-1-3-13)17(26)24-15-11-4-10-5-12(15)8-18(27,6-10)7-11/h9-13,15,27H,1-8H2,(H,24,26)/t10?,11?,12?,15-,18-. The van der Waals surface area contributed by atoms with Crippen LogP contribution in [0, 0.1) is 17.8 Å². The highest BCUT2D eigenvalue weighted by Crippen LogP contribution is 2.55. The third-order valence-corrected chi connectivity index (χ3v) is 7.27. The van der Waals surface area contributed by atoms with Crippen molar-refractivity contribution in [1.82, 2.24) is 15.1 Å². The largest absolute Gasteiger partial charge is 0.433 e. The molecule has 148 valence electrons. The van der Waals surface area contributed by atoms with Gasteiger partial charge in [0, 0.05) is 6.04 Å². The van der Waals surface area contributed by atoms with Gasteiger partial charge in [-0.05, 0) is 69.1 Å². The molecule has 5 fully saturated rings. The fourth-order valence-corrected chi connectivity index (χ4v) is 6.17. The van der Waals surface area contributed by atoms with Crippen LogP contribution in [-0.2, 0) is 6.18 Å². The van der Waals surface area contributed by atoms with E-state index in [4.69, 9.17) is 0 Å². The molecule has 8 heteroatoms. The summed E-state index contributed by atoms with van der Waals surface area (Å²) in [5.41, 5.74) is -1.93. The Kier molecular flexibility index (Phi) is 3.71. The molecular formula is C19H24F3N3O2. The van der Waals surface area contributed by atoms with Gasteiger partial charge in [-0.3, -0.25) is 9.48 Å². The first kappa shape index (κ1) is 17.5. The number of hydrogen-bond donors (Lipinski definition) is 2. The lowest BCUT2D eigenvalue weighted by atomic mass is 9.52. The van der Waals surface area contributed by atoms with E-state index in [1.807, 2.05) is 0 Å². The van der Waals surface area contributed by atoms with Gasteiger partial charge in [-0.25, -0.2) is 0 Å². The lowest BCUT2D eigenvalue weighted by molar-refractivity contribution is -0.146. The van der Waals surface area contributed by atoms with Crippen LogP contribution in [0.3, 0.4) is 0 Å². The molecular weight excluding hydrogens is 359 g/mol. The number of rotatable bonds is 3. The number of aromatic nitrogens is 2. The van der Waals surface area contributed by atoms with Crippen LogP contribution >= 0.6 is 0 Å². The normalized spacial score (nSPS) is 38.1. The van der Waals surface area contributed by atoms with E-state index in [1.54, 1.807) is 0 Å².